The van der Waals surface area contributed by atoms with Gasteiger partial charge in [0.2, 0.25) is 11.8 Å². The lowest BCUT2D eigenvalue weighted by atomic mass is 9.85. The summed E-state index contributed by atoms with van der Waals surface area (Å²) in [6, 6.07) is 31.2. The second-order valence-electron chi connectivity index (χ2n) is 23.1. The average molecular weight is 1120 g/mol. The summed E-state index contributed by atoms with van der Waals surface area (Å²) in [6.45, 7) is 16.9. The number of rotatable bonds is 22. The van der Waals surface area contributed by atoms with Gasteiger partial charge in [0.15, 0.2) is 0 Å². The minimum absolute atomic E-state index is 0.00503. The van der Waals surface area contributed by atoms with Crippen LogP contribution in [-0.4, -0.2) is 135 Å². The molecule has 82 heavy (non-hydrogen) atoms. The fraction of sp³-hybridized carbons (Fsp3) is 0.397. The number of carboxylic acid groups (broad SMARTS) is 1. The van der Waals surface area contributed by atoms with Crippen molar-refractivity contribution in [2.24, 2.45) is 5.41 Å². The molecule has 432 valence electrons. The van der Waals surface area contributed by atoms with E-state index in [2.05, 4.69) is 32.8 Å². The van der Waals surface area contributed by atoms with Gasteiger partial charge in [0.05, 0.1) is 18.3 Å². The number of hydrogen-bond acceptors (Lipinski definition) is 13. The van der Waals surface area contributed by atoms with Gasteiger partial charge in [-0.05, 0) is 89.4 Å². The number of fused-ring (bicyclic) bond motifs is 4. The van der Waals surface area contributed by atoms with Crippen molar-refractivity contribution in [1.29, 1.82) is 0 Å². The lowest BCUT2D eigenvalue weighted by Gasteiger charge is -2.37. The Kier molecular flexibility index (Phi) is 18.8. The first-order valence-corrected chi connectivity index (χ1v) is 27.6. The number of likely N-dealkylation sites (tertiary alicyclic amines) is 1. The number of esters is 1. The highest BCUT2D eigenvalue weighted by molar-refractivity contribution is 5.93. The zero-order valence-corrected chi connectivity index (χ0v) is 47.8. The van der Waals surface area contributed by atoms with Crippen LogP contribution < -0.4 is 20.7 Å². The van der Waals surface area contributed by atoms with Crippen molar-refractivity contribution in [3.05, 3.63) is 162 Å². The normalized spacial score (nSPS) is 16.4. The zero-order chi connectivity index (χ0) is 58.9. The molecule has 1 fully saturated rings. The predicted octanol–water partition coefficient (Wildman–Crippen LogP) is 8.40. The molecule has 6 aromatic rings. The van der Waals surface area contributed by atoms with Gasteiger partial charge in [-0.1, -0.05) is 142 Å². The van der Waals surface area contributed by atoms with Crippen molar-refractivity contribution < 1.29 is 52.8 Å². The van der Waals surface area contributed by atoms with Crippen molar-refractivity contribution in [1.82, 2.24) is 40.7 Å². The molecular formula is C63H74N8O11. The second kappa shape index (κ2) is 25.9. The molecule has 4 amide bonds. The number of carboxylic acids is 1. The van der Waals surface area contributed by atoms with Crippen molar-refractivity contribution in [2.75, 3.05) is 33.4 Å². The third kappa shape index (κ3) is 14.9. The molecule has 5 aromatic carbocycles. The van der Waals surface area contributed by atoms with E-state index in [0.717, 1.165) is 38.6 Å². The molecule has 0 spiro atoms. The van der Waals surface area contributed by atoms with Gasteiger partial charge in [0, 0.05) is 51.4 Å². The first-order valence-electron chi connectivity index (χ1n) is 27.6. The Balaban J connectivity index is 0.935. The number of nitrogens with one attached hydrogen (secondary N) is 3. The number of hydrogen-bond donors (Lipinski definition) is 4. The number of ether oxygens (including phenoxy) is 4. The van der Waals surface area contributed by atoms with E-state index in [1.165, 1.54) is 15.9 Å². The van der Waals surface area contributed by atoms with Crippen LogP contribution in [0.3, 0.4) is 0 Å². The molecule has 0 radical (unpaired) electrons. The number of amides is 4. The summed E-state index contributed by atoms with van der Waals surface area (Å²) in [6.07, 6.45) is 2.02. The van der Waals surface area contributed by atoms with Crippen LogP contribution in [0.1, 0.15) is 94.8 Å². The molecule has 0 unspecified atom stereocenters. The quantitative estimate of drug-likeness (QED) is 0.0284. The van der Waals surface area contributed by atoms with Crippen LogP contribution in [-0.2, 0) is 52.8 Å². The highest BCUT2D eigenvalue weighted by atomic mass is 16.6. The van der Waals surface area contributed by atoms with Gasteiger partial charge in [-0.3, -0.25) is 9.59 Å². The Bertz CT molecular complexity index is 3230. The molecular weight excluding hydrogens is 1040 g/mol. The van der Waals surface area contributed by atoms with Crippen LogP contribution in [0.25, 0.3) is 21.9 Å². The van der Waals surface area contributed by atoms with E-state index in [-0.39, 0.29) is 70.0 Å². The SMILES string of the molecule is C=CCOC(=O)[C@H](Cc1ccc2ccccc2c1)NC(=O)[C@@H]1C[C@H](n2cc(COc3ccc(C[C@H](NC(=O)OCC4c5ccccc5-c5ccccc54)C(=O)O)cc3)nn2)CN1C(=O)[C@@H](NC[C@H](C)N(C)C(=O)OC(C)(C)C)C(C)(C)C. The van der Waals surface area contributed by atoms with Crippen LogP contribution in [0.4, 0.5) is 9.59 Å². The third-order valence-electron chi connectivity index (χ3n) is 14.8. The van der Waals surface area contributed by atoms with Gasteiger partial charge < -0.3 is 49.8 Å². The van der Waals surface area contributed by atoms with E-state index in [1.807, 2.05) is 119 Å². The molecule has 6 atom stereocenters. The number of carbonyl (C=O) groups excluding carboxylic acids is 5. The molecule has 0 bridgehead atoms. The van der Waals surface area contributed by atoms with Gasteiger partial charge in [0.1, 0.15) is 55.0 Å². The van der Waals surface area contributed by atoms with Crippen molar-refractivity contribution >= 4 is 46.7 Å². The fourth-order valence-electron chi connectivity index (χ4n) is 10.3. The molecule has 2 heterocycles. The predicted molar refractivity (Wildman–Crippen MR) is 309 cm³/mol. The summed E-state index contributed by atoms with van der Waals surface area (Å²) in [5, 5.41) is 29.7. The maximum atomic E-state index is 15.1. The summed E-state index contributed by atoms with van der Waals surface area (Å²) < 4.78 is 24.4. The number of carbonyl (C=O) groups is 6. The van der Waals surface area contributed by atoms with Gasteiger partial charge in [-0.25, -0.2) is 23.9 Å². The van der Waals surface area contributed by atoms with E-state index >= 15 is 4.79 Å². The summed E-state index contributed by atoms with van der Waals surface area (Å²) in [4.78, 5) is 84.9. The smallest absolute Gasteiger partial charge is 0.410 e. The number of aromatic nitrogens is 3. The minimum Gasteiger partial charge on any atom is -0.487 e. The maximum Gasteiger partial charge on any atom is 0.410 e. The van der Waals surface area contributed by atoms with Crippen molar-refractivity contribution in [3.8, 4) is 16.9 Å². The first-order chi connectivity index (χ1) is 39.1. The van der Waals surface area contributed by atoms with Gasteiger partial charge in [-0.15, -0.1) is 5.10 Å². The topological polar surface area (TPSA) is 233 Å². The molecule has 0 saturated carbocycles. The van der Waals surface area contributed by atoms with Gasteiger partial charge in [-0.2, -0.15) is 0 Å². The Morgan fingerprint density at radius 3 is 2.09 bits per heavy atom. The Morgan fingerprint density at radius 2 is 1.44 bits per heavy atom. The van der Waals surface area contributed by atoms with E-state index in [4.69, 9.17) is 18.9 Å². The minimum atomic E-state index is -1.27. The third-order valence-corrected chi connectivity index (χ3v) is 14.8. The van der Waals surface area contributed by atoms with Crippen molar-refractivity contribution in [3.63, 3.8) is 0 Å². The standard InChI is InChI=1S/C63H74N8O11/c1-10-29-79-59(76)53(32-41-23-26-42-17-11-12-18-43(42)30-41)65-56(72)54-33-45(36-70(54)57(73)55(62(3,4)5)64-34-39(2)69(9)61(78)82-63(6,7)8)71-35-44(67-68-71)37-80-46-27-24-40(25-28-46)31-52(58(74)75)66-60(77)81-38-51-49-21-15-13-19-47(49)48-20-14-16-22-50(48)51/h10-28,30,35,39,45,51-55,64H,1,29,31-34,36-38H2,2-9H3,(H,65,72)(H,66,77)(H,74,75)/t39-,45-,52-,53-,54-,55+/m0/s1. The van der Waals surface area contributed by atoms with Crippen LogP contribution in [0.15, 0.2) is 134 Å². The van der Waals surface area contributed by atoms with Gasteiger partial charge in [0.25, 0.3) is 0 Å². The van der Waals surface area contributed by atoms with E-state index in [9.17, 15) is 29.1 Å². The Morgan fingerprint density at radius 1 is 0.805 bits per heavy atom. The second-order valence-corrected chi connectivity index (χ2v) is 23.1. The molecule has 1 saturated heterocycles. The molecule has 1 aromatic heterocycles. The molecule has 8 rings (SSSR count). The van der Waals surface area contributed by atoms with E-state index in [1.54, 1.807) is 63.0 Å². The summed E-state index contributed by atoms with van der Waals surface area (Å²) >= 11 is 0. The lowest BCUT2D eigenvalue weighted by Crippen LogP contribution is -2.59. The molecule has 19 heteroatoms. The monoisotopic (exact) mass is 1120 g/mol. The summed E-state index contributed by atoms with van der Waals surface area (Å²) in [5.41, 5.74) is 4.73. The largest absolute Gasteiger partial charge is 0.487 e. The van der Waals surface area contributed by atoms with Crippen LogP contribution in [0, 0.1) is 5.41 Å². The van der Waals surface area contributed by atoms with Crippen LogP contribution in [0.2, 0.25) is 0 Å². The lowest BCUT2D eigenvalue weighted by molar-refractivity contribution is -0.148. The maximum absolute atomic E-state index is 15.1. The summed E-state index contributed by atoms with van der Waals surface area (Å²) in [5.74, 6) is -2.52. The number of aliphatic carboxylic acids is 1. The Labute approximate surface area is 478 Å². The van der Waals surface area contributed by atoms with E-state index in [0.29, 0.717) is 17.0 Å². The van der Waals surface area contributed by atoms with E-state index < -0.39 is 71.3 Å². The van der Waals surface area contributed by atoms with Crippen LogP contribution in [0.5, 0.6) is 5.75 Å². The number of likely N-dealkylation sites (N-methyl/N-ethyl adjacent to an activating group) is 1. The zero-order valence-electron chi connectivity index (χ0n) is 47.8. The highest BCUT2D eigenvalue weighted by Crippen LogP contribution is 2.44. The number of alkyl carbamates (subject to hydrolysis) is 1. The first kappa shape index (κ1) is 59.5. The van der Waals surface area contributed by atoms with Crippen LogP contribution >= 0.6 is 0 Å². The molecule has 1 aliphatic heterocycles. The molecule has 1 aliphatic carbocycles. The van der Waals surface area contributed by atoms with Crippen molar-refractivity contribution in [2.45, 2.75) is 122 Å². The number of nitrogens with zero attached hydrogens (tertiary/aromatic N) is 5. The summed E-state index contributed by atoms with van der Waals surface area (Å²) in [7, 11) is 1.64. The average Bonchev–Trinajstić information content (AvgIpc) is 4.41. The fourth-order valence-corrected chi connectivity index (χ4v) is 10.3. The molecule has 2 aliphatic rings. The molecule has 4 N–H and O–H groups in total. The highest BCUT2D eigenvalue weighted by Gasteiger charge is 2.46. The van der Waals surface area contributed by atoms with Gasteiger partial charge >= 0.3 is 24.1 Å². The Hall–Kier alpha value is -8.58. The molecule has 19 nitrogen and oxygen atoms in total. The number of benzene rings is 5.